The van der Waals surface area contributed by atoms with Crippen LogP contribution in [0.2, 0.25) is 0 Å². The number of aliphatic hydroxyl groups excluding tert-OH is 1. The molecule has 0 bridgehead atoms. The van der Waals surface area contributed by atoms with Crippen LogP contribution in [0.3, 0.4) is 0 Å². The van der Waals surface area contributed by atoms with Crippen LogP contribution in [0.5, 0.6) is 5.88 Å². The zero-order valence-electron chi connectivity index (χ0n) is 12.0. The van der Waals surface area contributed by atoms with Crippen molar-refractivity contribution in [1.29, 1.82) is 0 Å². The van der Waals surface area contributed by atoms with Gasteiger partial charge in [0.2, 0.25) is 5.88 Å². The van der Waals surface area contributed by atoms with Gasteiger partial charge in [-0.05, 0) is 23.1 Å². The number of hydrogen-bond acceptors (Lipinski definition) is 6. The number of nitrogens with one attached hydrogen (secondary N) is 1. The molecule has 0 aliphatic rings. The van der Waals surface area contributed by atoms with E-state index in [9.17, 15) is 5.11 Å². The molecule has 2 rings (SSSR count). The number of ether oxygens (including phenoxy) is 2. The molecule has 1 unspecified atom stereocenters. The van der Waals surface area contributed by atoms with Gasteiger partial charge in [0, 0.05) is 30.2 Å². The summed E-state index contributed by atoms with van der Waals surface area (Å²) in [5.74, 6) is 0.592. The lowest BCUT2D eigenvalue weighted by Gasteiger charge is -2.12. The van der Waals surface area contributed by atoms with Crippen molar-refractivity contribution in [1.82, 2.24) is 10.3 Å². The van der Waals surface area contributed by atoms with Crippen molar-refractivity contribution in [2.45, 2.75) is 19.3 Å². The second-order valence-corrected chi connectivity index (χ2v) is 5.62. The van der Waals surface area contributed by atoms with Gasteiger partial charge in [0.1, 0.15) is 0 Å². The molecule has 0 saturated carbocycles. The molecular weight excluding hydrogens is 288 g/mol. The topological polar surface area (TPSA) is 63.6 Å². The zero-order valence-corrected chi connectivity index (χ0v) is 12.8. The summed E-state index contributed by atoms with van der Waals surface area (Å²) in [6.45, 7) is 2.01. The van der Waals surface area contributed by atoms with Gasteiger partial charge in [-0.15, -0.1) is 11.3 Å². The Kier molecular flexibility index (Phi) is 6.62. The molecule has 2 heterocycles. The van der Waals surface area contributed by atoms with Crippen LogP contribution >= 0.6 is 11.3 Å². The highest BCUT2D eigenvalue weighted by atomic mass is 32.1. The fourth-order valence-corrected chi connectivity index (χ4v) is 2.44. The fraction of sp³-hybridized carbons (Fsp3) is 0.400. The monoisotopic (exact) mass is 308 g/mol. The summed E-state index contributed by atoms with van der Waals surface area (Å²) < 4.78 is 10.5. The average molecular weight is 308 g/mol. The van der Waals surface area contributed by atoms with Crippen molar-refractivity contribution in [3.05, 3.63) is 46.3 Å². The SMILES string of the molecule is COc1cc(CNCC(O)COCc2cccs2)ccn1. The number of aliphatic hydroxyl groups is 1. The largest absolute Gasteiger partial charge is 0.481 e. The van der Waals surface area contributed by atoms with Gasteiger partial charge in [-0.2, -0.15) is 0 Å². The maximum Gasteiger partial charge on any atom is 0.213 e. The van der Waals surface area contributed by atoms with Crippen molar-refractivity contribution >= 4 is 11.3 Å². The molecule has 0 spiro atoms. The van der Waals surface area contributed by atoms with Crippen LogP contribution in [-0.2, 0) is 17.9 Å². The fourth-order valence-electron chi connectivity index (χ4n) is 1.80. The highest BCUT2D eigenvalue weighted by molar-refractivity contribution is 7.09. The minimum absolute atomic E-state index is 0.324. The molecule has 2 aromatic heterocycles. The Morgan fingerprint density at radius 3 is 3.10 bits per heavy atom. The van der Waals surface area contributed by atoms with E-state index in [0.29, 0.717) is 32.2 Å². The van der Waals surface area contributed by atoms with Crippen LogP contribution in [0.1, 0.15) is 10.4 Å². The first-order valence-electron chi connectivity index (χ1n) is 6.75. The highest BCUT2D eigenvalue weighted by Gasteiger charge is 2.05. The summed E-state index contributed by atoms with van der Waals surface area (Å²) in [6, 6.07) is 7.79. The Bertz CT molecular complexity index is 519. The maximum atomic E-state index is 9.84. The predicted octanol–water partition coefficient (Wildman–Crippen LogP) is 1.82. The molecule has 2 aromatic rings. The first-order valence-corrected chi connectivity index (χ1v) is 7.63. The van der Waals surface area contributed by atoms with Crippen LogP contribution in [0.4, 0.5) is 0 Å². The summed E-state index contributed by atoms with van der Waals surface area (Å²) in [5, 5.41) is 15.0. The number of pyridine rings is 1. The number of aromatic nitrogens is 1. The standard InChI is InChI=1S/C15H20N2O3S/c1-19-15-7-12(4-5-17-15)8-16-9-13(18)10-20-11-14-3-2-6-21-14/h2-7,13,16,18H,8-11H2,1H3. The van der Waals surface area contributed by atoms with Gasteiger partial charge in [0.05, 0.1) is 26.4 Å². The van der Waals surface area contributed by atoms with Gasteiger partial charge in [0.25, 0.3) is 0 Å². The van der Waals surface area contributed by atoms with Crippen molar-refractivity contribution in [2.24, 2.45) is 0 Å². The van der Waals surface area contributed by atoms with Gasteiger partial charge in [-0.25, -0.2) is 4.98 Å². The molecule has 0 saturated heterocycles. The minimum Gasteiger partial charge on any atom is -0.481 e. The lowest BCUT2D eigenvalue weighted by molar-refractivity contribution is 0.0297. The van der Waals surface area contributed by atoms with E-state index in [1.165, 1.54) is 4.88 Å². The Hall–Kier alpha value is -1.47. The van der Waals surface area contributed by atoms with Crippen LogP contribution < -0.4 is 10.1 Å². The number of methoxy groups -OCH3 is 1. The van der Waals surface area contributed by atoms with Crippen LogP contribution in [0, 0.1) is 0 Å². The Labute approximate surface area is 128 Å². The maximum absolute atomic E-state index is 9.84. The molecule has 2 N–H and O–H groups in total. The van der Waals surface area contributed by atoms with Gasteiger partial charge in [-0.1, -0.05) is 6.07 Å². The van der Waals surface area contributed by atoms with Crippen molar-refractivity contribution < 1.29 is 14.6 Å². The van der Waals surface area contributed by atoms with Gasteiger partial charge in [-0.3, -0.25) is 0 Å². The van der Waals surface area contributed by atoms with E-state index >= 15 is 0 Å². The molecule has 114 valence electrons. The van der Waals surface area contributed by atoms with E-state index in [1.54, 1.807) is 24.6 Å². The molecule has 0 aliphatic carbocycles. The second-order valence-electron chi connectivity index (χ2n) is 4.59. The number of nitrogens with zero attached hydrogens (tertiary/aromatic N) is 1. The summed E-state index contributed by atoms with van der Waals surface area (Å²) in [4.78, 5) is 5.21. The second kappa shape index (κ2) is 8.74. The van der Waals surface area contributed by atoms with Crippen molar-refractivity contribution in [3.63, 3.8) is 0 Å². The van der Waals surface area contributed by atoms with E-state index in [2.05, 4.69) is 10.3 Å². The number of thiophene rings is 1. The molecule has 0 fully saturated rings. The Morgan fingerprint density at radius 2 is 2.33 bits per heavy atom. The van der Waals surface area contributed by atoms with E-state index in [-0.39, 0.29) is 0 Å². The summed E-state index contributed by atoms with van der Waals surface area (Å²) in [7, 11) is 1.59. The molecule has 0 radical (unpaired) electrons. The molecule has 0 aliphatic heterocycles. The smallest absolute Gasteiger partial charge is 0.213 e. The summed E-state index contributed by atoms with van der Waals surface area (Å²) in [5.41, 5.74) is 1.06. The van der Waals surface area contributed by atoms with Crippen molar-refractivity contribution in [3.8, 4) is 5.88 Å². The zero-order chi connectivity index (χ0) is 14.9. The molecule has 0 amide bonds. The lowest BCUT2D eigenvalue weighted by atomic mass is 10.2. The Morgan fingerprint density at radius 1 is 1.43 bits per heavy atom. The van der Waals surface area contributed by atoms with Crippen LogP contribution in [0.15, 0.2) is 35.8 Å². The number of hydrogen-bond donors (Lipinski definition) is 2. The van der Waals surface area contributed by atoms with Crippen LogP contribution in [-0.4, -0.2) is 36.5 Å². The molecule has 5 nitrogen and oxygen atoms in total. The third kappa shape index (κ3) is 5.81. The minimum atomic E-state index is -0.520. The van der Waals surface area contributed by atoms with Gasteiger partial charge >= 0.3 is 0 Å². The van der Waals surface area contributed by atoms with E-state index < -0.39 is 6.10 Å². The average Bonchev–Trinajstić information content (AvgIpc) is 3.01. The van der Waals surface area contributed by atoms with E-state index in [1.807, 2.05) is 29.6 Å². The predicted molar refractivity (Wildman–Crippen MR) is 82.5 cm³/mol. The van der Waals surface area contributed by atoms with Crippen LogP contribution in [0.25, 0.3) is 0 Å². The molecule has 0 aromatic carbocycles. The highest BCUT2D eigenvalue weighted by Crippen LogP contribution is 2.10. The molecule has 21 heavy (non-hydrogen) atoms. The summed E-state index contributed by atoms with van der Waals surface area (Å²) in [6.07, 6.45) is 1.19. The third-order valence-electron chi connectivity index (χ3n) is 2.85. The molecule has 6 heteroatoms. The van der Waals surface area contributed by atoms with E-state index in [0.717, 1.165) is 5.56 Å². The Balaban J connectivity index is 1.61. The molecular formula is C15H20N2O3S. The molecule has 1 atom stereocenters. The first kappa shape index (κ1) is 15.9. The van der Waals surface area contributed by atoms with Gasteiger partial charge < -0.3 is 19.9 Å². The third-order valence-corrected chi connectivity index (χ3v) is 3.70. The first-order chi connectivity index (χ1) is 10.3. The van der Waals surface area contributed by atoms with Crippen molar-refractivity contribution in [2.75, 3.05) is 20.3 Å². The lowest BCUT2D eigenvalue weighted by Crippen LogP contribution is -2.30. The normalized spacial score (nSPS) is 12.3. The summed E-state index contributed by atoms with van der Waals surface area (Å²) >= 11 is 1.65. The number of rotatable bonds is 9. The quantitative estimate of drug-likeness (QED) is 0.740. The van der Waals surface area contributed by atoms with Gasteiger partial charge in [0.15, 0.2) is 0 Å². The van der Waals surface area contributed by atoms with E-state index in [4.69, 9.17) is 9.47 Å².